The minimum atomic E-state index is 0.438. The zero-order chi connectivity index (χ0) is 11.1. The van der Waals surface area contributed by atoms with Gasteiger partial charge in [-0.05, 0) is 36.8 Å². The Morgan fingerprint density at radius 3 is 2.53 bits per heavy atom. The minimum Gasteiger partial charge on any atom is -0.497 e. The van der Waals surface area contributed by atoms with Gasteiger partial charge in [0.1, 0.15) is 12.4 Å². The first-order chi connectivity index (χ1) is 7.27. The van der Waals surface area contributed by atoms with Gasteiger partial charge in [-0.3, -0.25) is 0 Å². The summed E-state index contributed by atoms with van der Waals surface area (Å²) in [5.74, 6) is 0.828. The van der Waals surface area contributed by atoms with E-state index in [9.17, 15) is 0 Å². The fourth-order valence-electron chi connectivity index (χ4n) is 1.08. The molecule has 15 heavy (non-hydrogen) atoms. The zero-order valence-electron chi connectivity index (χ0n) is 9.06. The summed E-state index contributed by atoms with van der Waals surface area (Å²) in [5, 5.41) is 3.94. The van der Waals surface area contributed by atoms with Gasteiger partial charge in [0.05, 0.1) is 12.8 Å². The van der Waals surface area contributed by atoms with Crippen LogP contribution in [0.25, 0.3) is 0 Å². The van der Waals surface area contributed by atoms with E-state index in [2.05, 4.69) is 5.16 Å². The molecule has 4 heteroatoms. The second-order valence-corrected chi connectivity index (χ2v) is 3.03. The van der Waals surface area contributed by atoms with Gasteiger partial charge in [0.2, 0.25) is 0 Å². The van der Waals surface area contributed by atoms with Crippen molar-refractivity contribution in [1.82, 2.24) is 0 Å². The van der Waals surface area contributed by atoms with Crippen LogP contribution in [0.3, 0.4) is 0 Å². The van der Waals surface area contributed by atoms with Crippen molar-refractivity contribution in [2.24, 2.45) is 10.9 Å². The third kappa shape index (κ3) is 3.59. The molecule has 0 saturated heterocycles. The second kappa shape index (κ2) is 6.03. The quantitative estimate of drug-likeness (QED) is 0.452. The summed E-state index contributed by atoms with van der Waals surface area (Å²) < 4.78 is 5.06. The van der Waals surface area contributed by atoms with Crippen LogP contribution in [0.4, 0.5) is 0 Å². The third-order valence-corrected chi connectivity index (χ3v) is 1.92. The average Bonchev–Trinajstić information content (AvgIpc) is 2.29. The Morgan fingerprint density at radius 1 is 1.33 bits per heavy atom. The molecule has 0 amide bonds. The highest BCUT2D eigenvalue weighted by atomic mass is 16.6. The molecular formula is C11H16N2O2. The molecule has 82 valence electrons. The molecule has 0 aliphatic rings. The van der Waals surface area contributed by atoms with Crippen molar-refractivity contribution in [3.05, 3.63) is 29.8 Å². The molecule has 1 rings (SSSR count). The van der Waals surface area contributed by atoms with Crippen LogP contribution in [0.1, 0.15) is 12.5 Å². The topological polar surface area (TPSA) is 56.8 Å². The van der Waals surface area contributed by atoms with Crippen molar-refractivity contribution in [2.75, 3.05) is 20.3 Å². The molecule has 2 N–H and O–H groups in total. The van der Waals surface area contributed by atoms with Crippen LogP contribution in [0.2, 0.25) is 0 Å². The number of ether oxygens (including phenoxy) is 1. The summed E-state index contributed by atoms with van der Waals surface area (Å²) in [6, 6.07) is 7.64. The van der Waals surface area contributed by atoms with Gasteiger partial charge in [0, 0.05) is 6.54 Å². The lowest BCUT2D eigenvalue weighted by atomic mass is 10.1. The third-order valence-electron chi connectivity index (χ3n) is 1.92. The molecule has 0 aromatic heterocycles. The van der Waals surface area contributed by atoms with Crippen LogP contribution >= 0.6 is 0 Å². The summed E-state index contributed by atoms with van der Waals surface area (Å²) >= 11 is 0. The highest BCUT2D eigenvalue weighted by Gasteiger charge is 1.98. The highest BCUT2D eigenvalue weighted by molar-refractivity contribution is 5.98. The van der Waals surface area contributed by atoms with Crippen molar-refractivity contribution in [2.45, 2.75) is 6.92 Å². The second-order valence-electron chi connectivity index (χ2n) is 3.03. The first kappa shape index (κ1) is 11.5. The maximum Gasteiger partial charge on any atom is 0.129 e. The van der Waals surface area contributed by atoms with Crippen LogP contribution in [0.5, 0.6) is 5.75 Å². The number of oxime groups is 1. The van der Waals surface area contributed by atoms with Gasteiger partial charge in [-0.15, -0.1) is 0 Å². The molecule has 0 bridgehead atoms. The lowest BCUT2D eigenvalue weighted by Gasteiger charge is -2.03. The predicted molar refractivity (Wildman–Crippen MR) is 60.2 cm³/mol. The molecule has 0 saturated carbocycles. The van der Waals surface area contributed by atoms with Crippen LogP contribution in [0, 0.1) is 0 Å². The van der Waals surface area contributed by atoms with Crippen molar-refractivity contribution in [3.8, 4) is 5.75 Å². The smallest absolute Gasteiger partial charge is 0.129 e. The first-order valence-electron chi connectivity index (χ1n) is 4.79. The van der Waals surface area contributed by atoms with Gasteiger partial charge in [0.15, 0.2) is 0 Å². The highest BCUT2D eigenvalue weighted by Crippen LogP contribution is 2.11. The molecule has 0 radical (unpaired) electrons. The number of methoxy groups -OCH3 is 1. The van der Waals surface area contributed by atoms with Gasteiger partial charge in [-0.2, -0.15) is 0 Å². The molecule has 0 aliphatic carbocycles. The predicted octanol–water partition coefficient (Wildman–Crippen LogP) is 1.39. The summed E-state index contributed by atoms with van der Waals surface area (Å²) in [7, 11) is 1.64. The summed E-state index contributed by atoms with van der Waals surface area (Å²) in [6.45, 7) is 2.80. The van der Waals surface area contributed by atoms with E-state index >= 15 is 0 Å². The van der Waals surface area contributed by atoms with Gasteiger partial charge in [0.25, 0.3) is 0 Å². The fourth-order valence-corrected chi connectivity index (χ4v) is 1.08. The van der Waals surface area contributed by atoms with Gasteiger partial charge in [-0.25, -0.2) is 0 Å². The fraction of sp³-hybridized carbons (Fsp3) is 0.364. The molecular weight excluding hydrogens is 192 g/mol. The number of rotatable bonds is 5. The lowest BCUT2D eigenvalue weighted by molar-refractivity contribution is 0.152. The zero-order valence-corrected chi connectivity index (χ0v) is 9.06. The van der Waals surface area contributed by atoms with E-state index < -0.39 is 0 Å². The maximum atomic E-state index is 5.28. The van der Waals surface area contributed by atoms with Crippen molar-refractivity contribution < 1.29 is 9.57 Å². The standard InChI is InChI=1S/C11H16N2O2/c1-9(13-15-8-7-12)10-3-5-11(14-2)6-4-10/h3-6H,7-8,12H2,1-2H3/b13-9+. The van der Waals surface area contributed by atoms with Crippen LogP contribution in [-0.2, 0) is 4.84 Å². The maximum absolute atomic E-state index is 5.28. The summed E-state index contributed by atoms with van der Waals surface area (Å²) in [6.07, 6.45) is 0. The Bertz CT molecular complexity index is 320. The molecule has 1 aromatic carbocycles. The molecule has 0 unspecified atom stereocenters. The Kier molecular flexibility index (Phi) is 4.63. The van der Waals surface area contributed by atoms with E-state index in [4.69, 9.17) is 15.3 Å². The first-order valence-corrected chi connectivity index (χ1v) is 4.79. The average molecular weight is 208 g/mol. The molecule has 0 heterocycles. The lowest BCUT2D eigenvalue weighted by Crippen LogP contribution is -2.06. The number of hydrogen-bond donors (Lipinski definition) is 1. The normalized spacial score (nSPS) is 11.3. The van der Waals surface area contributed by atoms with E-state index in [0.717, 1.165) is 17.0 Å². The largest absolute Gasteiger partial charge is 0.497 e. The molecule has 0 spiro atoms. The Hall–Kier alpha value is -1.55. The Labute approximate surface area is 89.7 Å². The molecule has 1 aromatic rings. The van der Waals surface area contributed by atoms with Gasteiger partial charge in [-0.1, -0.05) is 5.16 Å². The number of hydrogen-bond acceptors (Lipinski definition) is 4. The molecule has 4 nitrogen and oxygen atoms in total. The Morgan fingerprint density at radius 2 is 2.00 bits per heavy atom. The van der Waals surface area contributed by atoms with Crippen molar-refractivity contribution in [3.63, 3.8) is 0 Å². The summed E-state index contributed by atoms with van der Waals surface area (Å²) in [5.41, 5.74) is 7.11. The van der Waals surface area contributed by atoms with E-state index in [-0.39, 0.29) is 0 Å². The Balaban J connectivity index is 2.65. The van der Waals surface area contributed by atoms with Crippen molar-refractivity contribution >= 4 is 5.71 Å². The van der Waals surface area contributed by atoms with Gasteiger partial charge < -0.3 is 15.3 Å². The SMILES string of the molecule is COc1ccc(/C(C)=N/OCCN)cc1. The number of nitrogens with two attached hydrogens (primary N) is 1. The van der Waals surface area contributed by atoms with Crippen LogP contribution in [-0.4, -0.2) is 26.0 Å². The van der Waals surface area contributed by atoms with Crippen molar-refractivity contribution in [1.29, 1.82) is 0 Å². The van der Waals surface area contributed by atoms with E-state index in [1.54, 1.807) is 7.11 Å². The van der Waals surface area contributed by atoms with E-state index in [0.29, 0.717) is 13.2 Å². The van der Waals surface area contributed by atoms with Gasteiger partial charge >= 0.3 is 0 Å². The monoisotopic (exact) mass is 208 g/mol. The number of nitrogens with zero attached hydrogens (tertiary/aromatic N) is 1. The van der Waals surface area contributed by atoms with Crippen LogP contribution in [0.15, 0.2) is 29.4 Å². The molecule has 0 aliphatic heterocycles. The molecule has 0 atom stereocenters. The van der Waals surface area contributed by atoms with E-state index in [1.807, 2.05) is 31.2 Å². The van der Waals surface area contributed by atoms with E-state index in [1.165, 1.54) is 0 Å². The minimum absolute atomic E-state index is 0.438. The van der Waals surface area contributed by atoms with Crippen LogP contribution < -0.4 is 10.5 Å². The summed E-state index contributed by atoms with van der Waals surface area (Å²) in [4.78, 5) is 4.99. The number of benzene rings is 1. The molecule has 0 fully saturated rings.